The first-order valence-corrected chi connectivity index (χ1v) is 9.13. The maximum atomic E-state index is 12.9. The molecule has 0 saturated carbocycles. The number of carbonyl (C=O) groups is 1. The first kappa shape index (κ1) is 18.1. The van der Waals surface area contributed by atoms with Crippen molar-refractivity contribution in [2.24, 2.45) is 0 Å². The molecule has 0 amide bonds. The predicted octanol–water partition coefficient (Wildman–Crippen LogP) is 4.43. The van der Waals surface area contributed by atoms with Crippen LogP contribution in [0.3, 0.4) is 0 Å². The third-order valence-electron chi connectivity index (χ3n) is 4.62. The molecule has 4 nitrogen and oxygen atoms in total. The van der Waals surface area contributed by atoms with Gasteiger partial charge in [0, 0.05) is 24.0 Å². The highest BCUT2D eigenvalue weighted by molar-refractivity contribution is 6.10. The Balaban J connectivity index is 2.14. The van der Waals surface area contributed by atoms with Crippen LogP contribution in [0.1, 0.15) is 53.4 Å². The van der Waals surface area contributed by atoms with Crippen molar-refractivity contribution in [2.45, 2.75) is 46.6 Å². The number of unbranched alkanes of at least 4 members (excludes halogenated alkanes) is 2. The average Bonchev–Trinajstić information content (AvgIpc) is 2.63. The summed E-state index contributed by atoms with van der Waals surface area (Å²) in [5, 5.41) is 0.505. The van der Waals surface area contributed by atoms with Gasteiger partial charge >= 0.3 is 0 Å². The van der Waals surface area contributed by atoms with Crippen LogP contribution in [-0.2, 0) is 6.54 Å². The summed E-state index contributed by atoms with van der Waals surface area (Å²) in [4.78, 5) is 30.4. The third kappa shape index (κ3) is 3.59. The fourth-order valence-electron chi connectivity index (χ4n) is 3.08. The van der Waals surface area contributed by atoms with Crippen molar-refractivity contribution >= 4 is 16.8 Å². The summed E-state index contributed by atoms with van der Waals surface area (Å²) < 4.78 is 1.96. The molecule has 0 aliphatic heterocycles. The summed E-state index contributed by atoms with van der Waals surface area (Å²) in [6.45, 7) is 6.78. The second-order valence-electron chi connectivity index (χ2n) is 6.79. The van der Waals surface area contributed by atoms with Crippen molar-refractivity contribution in [3.63, 3.8) is 0 Å². The van der Waals surface area contributed by atoms with E-state index in [9.17, 15) is 9.59 Å². The molecule has 2 heterocycles. The summed E-state index contributed by atoms with van der Waals surface area (Å²) in [6, 6.07) is 10.9. The number of hydrogen-bond acceptors (Lipinski definition) is 3. The molecule has 0 unspecified atom stereocenters. The first-order chi connectivity index (χ1) is 12.5. The molecule has 4 heteroatoms. The third-order valence-corrected chi connectivity index (χ3v) is 4.62. The summed E-state index contributed by atoms with van der Waals surface area (Å²) >= 11 is 0. The molecule has 0 N–H and O–H groups in total. The number of aromatic nitrogens is 2. The van der Waals surface area contributed by atoms with Gasteiger partial charge in [0.2, 0.25) is 5.43 Å². The lowest BCUT2D eigenvalue weighted by Gasteiger charge is -2.13. The van der Waals surface area contributed by atoms with Crippen LogP contribution < -0.4 is 5.43 Å². The zero-order chi connectivity index (χ0) is 18.7. The minimum Gasteiger partial charge on any atom is -0.332 e. The molecule has 3 rings (SSSR count). The number of rotatable bonds is 6. The number of benzene rings is 1. The monoisotopic (exact) mass is 348 g/mol. The number of aryl methyl sites for hydroxylation is 3. The van der Waals surface area contributed by atoms with E-state index in [0.717, 1.165) is 37.1 Å². The van der Waals surface area contributed by atoms with E-state index in [-0.39, 0.29) is 16.8 Å². The number of pyridine rings is 2. The van der Waals surface area contributed by atoms with Gasteiger partial charge in [-0.2, -0.15) is 0 Å². The lowest BCUT2D eigenvalue weighted by Crippen LogP contribution is -2.20. The average molecular weight is 348 g/mol. The zero-order valence-electron chi connectivity index (χ0n) is 15.6. The van der Waals surface area contributed by atoms with E-state index >= 15 is 0 Å². The largest absolute Gasteiger partial charge is 0.332 e. The molecule has 0 aliphatic rings. The summed E-state index contributed by atoms with van der Waals surface area (Å²) in [6.07, 6.45) is 4.89. The Kier molecular flexibility index (Phi) is 5.31. The van der Waals surface area contributed by atoms with Crippen LogP contribution in [-0.4, -0.2) is 15.3 Å². The fraction of sp³-hybridized carbons (Fsp3) is 0.318. The highest BCUT2D eigenvalue weighted by atomic mass is 16.1. The smallest absolute Gasteiger partial charge is 0.202 e. The number of carbonyl (C=O) groups excluding carboxylic acids is 1. The van der Waals surface area contributed by atoms with E-state index in [1.807, 2.05) is 36.6 Å². The molecule has 3 aromatic rings. The lowest BCUT2D eigenvalue weighted by atomic mass is 10.0. The lowest BCUT2D eigenvalue weighted by molar-refractivity contribution is 0.103. The number of fused-ring (bicyclic) bond motifs is 1. The molecule has 0 aliphatic carbocycles. The van der Waals surface area contributed by atoms with Crippen molar-refractivity contribution in [3.8, 4) is 0 Å². The molecule has 0 atom stereocenters. The maximum absolute atomic E-state index is 12.9. The van der Waals surface area contributed by atoms with Gasteiger partial charge in [-0.05, 0) is 32.4 Å². The molecule has 0 saturated heterocycles. The second kappa shape index (κ2) is 7.65. The van der Waals surface area contributed by atoms with Crippen molar-refractivity contribution in [3.05, 3.63) is 75.2 Å². The van der Waals surface area contributed by atoms with E-state index in [1.165, 1.54) is 0 Å². The Morgan fingerprint density at radius 2 is 1.77 bits per heavy atom. The van der Waals surface area contributed by atoms with Gasteiger partial charge in [0.1, 0.15) is 5.65 Å². The Labute approximate surface area is 153 Å². The number of nitrogens with zero attached hydrogens (tertiary/aromatic N) is 2. The van der Waals surface area contributed by atoms with Crippen LogP contribution in [0.15, 0.2) is 47.4 Å². The molecule has 0 bridgehead atoms. The normalized spacial score (nSPS) is 11.0. The predicted molar refractivity (Wildman–Crippen MR) is 105 cm³/mol. The minimum absolute atomic E-state index is 0.212. The van der Waals surface area contributed by atoms with Crippen LogP contribution >= 0.6 is 0 Å². The van der Waals surface area contributed by atoms with Crippen molar-refractivity contribution < 1.29 is 4.79 Å². The molecular formula is C22H24N2O2. The van der Waals surface area contributed by atoms with Gasteiger partial charge in [0.25, 0.3) is 0 Å². The van der Waals surface area contributed by atoms with Crippen LogP contribution in [0.4, 0.5) is 0 Å². The number of hydrogen-bond donors (Lipinski definition) is 0. The topological polar surface area (TPSA) is 52.0 Å². The molecule has 0 fully saturated rings. The van der Waals surface area contributed by atoms with E-state index in [1.54, 1.807) is 24.4 Å². The Morgan fingerprint density at radius 1 is 1.04 bits per heavy atom. The van der Waals surface area contributed by atoms with Crippen LogP contribution in [0.2, 0.25) is 0 Å². The number of ketones is 1. The van der Waals surface area contributed by atoms with Gasteiger partial charge in [-0.25, -0.2) is 4.98 Å². The fourth-order valence-corrected chi connectivity index (χ4v) is 3.08. The molecule has 1 aromatic carbocycles. The van der Waals surface area contributed by atoms with Crippen molar-refractivity contribution in [1.82, 2.24) is 9.55 Å². The van der Waals surface area contributed by atoms with Crippen LogP contribution in [0.5, 0.6) is 0 Å². The van der Waals surface area contributed by atoms with E-state index in [2.05, 4.69) is 11.9 Å². The minimum atomic E-state index is -0.246. The Morgan fingerprint density at radius 3 is 2.46 bits per heavy atom. The second-order valence-corrected chi connectivity index (χ2v) is 6.79. The SMILES string of the molecule is CCCCCn1cc(C(=O)c2ccc(C)cc2)c(=O)c2ccc(C)nc21. The molecule has 2 aromatic heterocycles. The molecule has 134 valence electrons. The van der Waals surface area contributed by atoms with Gasteiger partial charge in [0.15, 0.2) is 5.78 Å². The standard InChI is InChI=1S/C22H24N2O2/c1-4-5-6-13-24-14-19(20(25)17-10-7-15(2)8-11-17)21(26)18-12-9-16(3)23-22(18)24/h7-12,14H,4-6,13H2,1-3H3. The molecule has 0 radical (unpaired) electrons. The molecule has 0 spiro atoms. The van der Waals surface area contributed by atoms with Crippen LogP contribution in [0.25, 0.3) is 11.0 Å². The van der Waals surface area contributed by atoms with Gasteiger partial charge in [-0.3, -0.25) is 9.59 Å². The Bertz CT molecular complexity index is 1000. The quantitative estimate of drug-likeness (QED) is 0.489. The maximum Gasteiger partial charge on any atom is 0.202 e. The highest BCUT2D eigenvalue weighted by Gasteiger charge is 2.17. The van der Waals surface area contributed by atoms with Gasteiger partial charge in [0.05, 0.1) is 10.9 Å². The highest BCUT2D eigenvalue weighted by Crippen LogP contribution is 2.15. The molecular weight excluding hydrogens is 324 g/mol. The van der Waals surface area contributed by atoms with E-state index < -0.39 is 0 Å². The summed E-state index contributed by atoms with van der Waals surface area (Å²) in [7, 11) is 0. The van der Waals surface area contributed by atoms with Gasteiger partial charge < -0.3 is 4.57 Å². The van der Waals surface area contributed by atoms with Crippen LogP contribution in [0, 0.1) is 13.8 Å². The first-order valence-electron chi connectivity index (χ1n) is 9.13. The molecule has 26 heavy (non-hydrogen) atoms. The van der Waals surface area contributed by atoms with Gasteiger partial charge in [-0.1, -0.05) is 49.6 Å². The van der Waals surface area contributed by atoms with Crippen molar-refractivity contribution in [1.29, 1.82) is 0 Å². The van der Waals surface area contributed by atoms with E-state index in [4.69, 9.17) is 0 Å². The Hall–Kier alpha value is -2.75. The summed E-state index contributed by atoms with van der Waals surface area (Å²) in [5.41, 5.74) is 3.10. The summed E-state index contributed by atoms with van der Waals surface area (Å²) in [5.74, 6) is -0.235. The zero-order valence-corrected chi connectivity index (χ0v) is 15.6. The van der Waals surface area contributed by atoms with E-state index in [0.29, 0.717) is 16.6 Å². The van der Waals surface area contributed by atoms with Gasteiger partial charge in [-0.15, -0.1) is 0 Å². The van der Waals surface area contributed by atoms with Crippen molar-refractivity contribution in [2.75, 3.05) is 0 Å².